The number of aromatic nitrogens is 1. The predicted octanol–water partition coefficient (Wildman–Crippen LogP) is 4.97. The van der Waals surface area contributed by atoms with Gasteiger partial charge in [0.1, 0.15) is 5.82 Å². The van der Waals surface area contributed by atoms with Crippen molar-refractivity contribution < 1.29 is 9.21 Å². The Kier molecular flexibility index (Phi) is 4.57. The van der Waals surface area contributed by atoms with Crippen molar-refractivity contribution in [1.82, 2.24) is 4.98 Å². The molecule has 0 aliphatic carbocycles. The van der Waals surface area contributed by atoms with Gasteiger partial charge in [0.25, 0.3) is 5.91 Å². The van der Waals surface area contributed by atoms with Crippen LogP contribution in [0.5, 0.6) is 0 Å². The number of anilines is 3. The van der Waals surface area contributed by atoms with Gasteiger partial charge in [-0.3, -0.25) is 4.79 Å². The summed E-state index contributed by atoms with van der Waals surface area (Å²) in [5, 5.41) is 6.09. The van der Waals surface area contributed by atoms with Gasteiger partial charge in [-0.2, -0.15) is 0 Å². The van der Waals surface area contributed by atoms with E-state index in [-0.39, 0.29) is 17.1 Å². The smallest absolute Gasteiger partial charge is 0.292 e. The van der Waals surface area contributed by atoms with Gasteiger partial charge in [0.15, 0.2) is 5.76 Å². The van der Waals surface area contributed by atoms with Crippen LogP contribution in [0, 0.1) is 0 Å². The Hall–Kier alpha value is -3.08. The average Bonchev–Trinajstić information content (AvgIpc) is 3.11. The van der Waals surface area contributed by atoms with Gasteiger partial charge >= 0.3 is 0 Å². The quantitative estimate of drug-likeness (QED) is 0.706. The molecule has 0 bridgehead atoms. The van der Waals surface area contributed by atoms with Gasteiger partial charge in [0.05, 0.1) is 18.1 Å². The van der Waals surface area contributed by atoms with E-state index in [1.807, 2.05) is 24.3 Å². The number of benzene rings is 1. The molecule has 2 heterocycles. The van der Waals surface area contributed by atoms with Crippen molar-refractivity contribution in [3.8, 4) is 0 Å². The van der Waals surface area contributed by atoms with Crippen LogP contribution < -0.4 is 10.6 Å². The minimum atomic E-state index is -0.323. The summed E-state index contributed by atoms with van der Waals surface area (Å²) in [7, 11) is 0. The molecule has 0 fully saturated rings. The highest BCUT2D eigenvalue weighted by Crippen LogP contribution is 2.31. The maximum absolute atomic E-state index is 11.9. The lowest BCUT2D eigenvalue weighted by atomic mass is 9.86. The Morgan fingerprint density at radius 2 is 1.84 bits per heavy atom. The van der Waals surface area contributed by atoms with E-state index >= 15 is 0 Å². The first-order valence-corrected chi connectivity index (χ1v) is 8.11. The fraction of sp³-hybridized carbons (Fsp3) is 0.200. The lowest BCUT2D eigenvalue weighted by Crippen LogP contribution is -2.14. The van der Waals surface area contributed by atoms with Gasteiger partial charge in [-0.1, -0.05) is 39.0 Å². The summed E-state index contributed by atoms with van der Waals surface area (Å²) < 4.78 is 5.06. The van der Waals surface area contributed by atoms with Crippen molar-refractivity contribution in [2.45, 2.75) is 26.2 Å². The normalized spacial score (nSPS) is 11.2. The van der Waals surface area contributed by atoms with Crippen molar-refractivity contribution in [3.05, 3.63) is 72.3 Å². The number of carbonyl (C=O) groups is 1. The first kappa shape index (κ1) is 16.8. The Morgan fingerprint density at radius 1 is 1.04 bits per heavy atom. The molecule has 5 heteroatoms. The third-order valence-electron chi connectivity index (χ3n) is 3.76. The standard InChI is InChI=1S/C20H21N3O2/c1-20(2,3)15-7-4-5-8-16(15)22-14-10-11-18(21-13-14)23-19(24)17-9-6-12-25-17/h4-13,22H,1-3H3,(H,21,23,24). The highest BCUT2D eigenvalue weighted by molar-refractivity contribution is 6.01. The molecule has 0 unspecified atom stereocenters. The third-order valence-corrected chi connectivity index (χ3v) is 3.76. The molecule has 128 valence electrons. The van der Waals surface area contributed by atoms with Crippen molar-refractivity contribution in [2.24, 2.45) is 0 Å². The van der Waals surface area contributed by atoms with Gasteiger partial charge in [-0.05, 0) is 41.3 Å². The Balaban J connectivity index is 1.73. The number of pyridine rings is 1. The van der Waals surface area contributed by atoms with Crippen LogP contribution in [0.15, 0.2) is 65.4 Å². The minimum absolute atomic E-state index is 0.0357. The second-order valence-corrected chi connectivity index (χ2v) is 6.78. The van der Waals surface area contributed by atoms with Gasteiger partial charge < -0.3 is 15.1 Å². The van der Waals surface area contributed by atoms with Crippen LogP contribution >= 0.6 is 0 Å². The number of rotatable bonds is 4. The molecule has 0 saturated carbocycles. The molecule has 2 N–H and O–H groups in total. The second-order valence-electron chi connectivity index (χ2n) is 6.78. The van der Waals surface area contributed by atoms with Crippen LogP contribution in [0.4, 0.5) is 17.2 Å². The Labute approximate surface area is 147 Å². The highest BCUT2D eigenvalue weighted by atomic mass is 16.3. The highest BCUT2D eigenvalue weighted by Gasteiger charge is 2.17. The lowest BCUT2D eigenvalue weighted by Gasteiger charge is -2.23. The van der Waals surface area contributed by atoms with E-state index < -0.39 is 0 Å². The van der Waals surface area contributed by atoms with E-state index in [0.717, 1.165) is 11.4 Å². The zero-order valence-electron chi connectivity index (χ0n) is 14.5. The molecule has 1 aromatic carbocycles. The molecule has 3 aromatic rings. The van der Waals surface area contributed by atoms with Crippen LogP contribution in [-0.2, 0) is 5.41 Å². The van der Waals surface area contributed by atoms with E-state index in [1.165, 1.54) is 11.8 Å². The van der Waals surface area contributed by atoms with Gasteiger partial charge in [0, 0.05) is 5.69 Å². The molecule has 0 atom stereocenters. The molecule has 5 nitrogen and oxygen atoms in total. The van der Waals surface area contributed by atoms with Gasteiger partial charge in [-0.25, -0.2) is 4.98 Å². The van der Waals surface area contributed by atoms with Crippen molar-refractivity contribution >= 4 is 23.1 Å². The van der Waals surface area contributed by atoms with Gasteiger partial charge in [0.2, 0.25) is 0 Å². The van der Waals surface area contributed by atoms with E-state index in [0.29, 0.717) is 5.82 Å². The van der Waals surface area contributed by atoms with E-state index in [9.17, 15) is 4.79 Å². The fourth-order valence-electron chi connectivity index (χ4n) is 2.53. The molecule has 0 spiro atoms. The maximum atomic E-state index is 11.9. The molecule has 0 radical (unpaired) electrons. The molecule has 1 amide bonds. The molecular weight excluding hydrogens is 314 g/mol. The third kappa shape index (κ3) is 4.07. The number of hydrogen-bond donors (Lipinski definition) is 2. The first-order valence-electron chi connectivity index (χ1n) is 8.11. The maximum Gasteiger partial charge on any atom is 0.292 e. The average molecular weight is 335 g/mol. The molecule has 25 heavy (non-hydrogen) atoms. The van der Waals surface area contributed by atoms with Crippen LogP contribution in [0.1, 0.15) is 36.9 Å². The molecule has 3 rings (SSSR count). The largest absolute Gasteiger partial charge is 0.459 e. The van der Waals surface area contributed by atoms with Gasteiger partial charge in [-0.15, -0.1) is 0 Å². The van der Waals surface area contributed by atoms with Crippen LogP contribution in [0.25, 0.3) is 0 Å². The topological polar surface area (TPSA) is 67.2 Å². The lowest BCUT2D eigenvalue weighted by molar-refractivity contribution is 0.0996. The van der Waals surface area contributed by atoms with E-state index in [2.05, 4.69) is 42.5 Å². The van der Waals surface area contributed by atoms with E-state index in [4.69, 9.17) is 4.42 Å². The zero-order chi connectivity index (χ0) is 17.9. The Bertz CT molecular complexity index is 847. The monoisotopic (exact) mass is 335 g/mol. The van der Waals surface area contributed by atoms with Crippen molar-refractivity contribution in [3.63, 3.8) is 0 Å². The summed E-state index contributed by atoms with van der Waals surface area (Å²) in [4.78, 5) is 16.2. The van der Waals surface area contributed by atoms with E-state index in [1.54, 1.807) is 24.4 Å². The minimum Gasteiger partial charge on any atom is -0.459 e. The fourth-order valence-corrected chi connectivity index (χ4v) is 2.53. The summed E-state index contributed by atoms with van der Waals surface area (Å²) in [5.41, 5.74) is 3.16. The van der Waals surface area contributed by atoms with Crippen molar-refractivity contribution in [2.75, 3.05) is 10.6 Å². The molecule has 0 saturated heterocycles. The zero-order valence-corrected chi connectivity index (χ0v) is 14.5. The summed E-state index contributed by atoms with van der Waals surface area (Å²) >= 11 is 0. The first-order chi connectivity index (χ1) is 11.9. The SMILES string of the molecule is CC(C)(C)c1ccccc1Nc1ccc(NC(=O)c2ccco2)nc1. The number of amides is 1. The summed E-state index contributed by atoms with van der Waals surface area (Å²) in [5.74, 6) is 0.399. The number of hydrogen-bond acceptors (Lipinski definition) is 4. The Morgan fingerprint density at radius 3 is 2.48 bits per heavy atom. The van der Waals surface area contributed by atoms with Crippen LogP contribution in [-0.4, -0.2) is 10.9 Å². The number of nitrogens with one attached hydrogen (secondary N) is 2. The molecular formula is C20H21N3O2. The number of nitrogens with zero attached hydrogens (tertiary/aromatic N) is 1. The number of para-hydroxylation sites is 1. The molecule has 0 aliphatic rings. The van der Waals surface area contributed by atoms with Crippen molar-refractivity contribution in [1.29, 1.82) is 0 Å². The predicted molar refractivity (Wildman–Crippen MR) is 99.3 cm³/mol. The molecule has 0 aliphatic heterocycles. The summed E-state index contributed by atoms with van der Waals surface area (Å²) in [6, 6.07) is 15.1. The molecule has 2 aromatic heterocycles. The van der Waals surface area contributed by atoms with Crippen LogP contribution in [0.3, 0.4) is 0 Å². The second kappa shape index (κ2) is 6.81. The summed E-state index contributed by atoms with van der Waals surface area (Å²) in [6.07, 6.45) is 3.15. The number of furan rings is 1. The summed E-state index contributed by atoms with van der Waals surface area (Å²) in [6.45, 7) is 6.54. The number of carbonyl (C=O) groups excluding carboxylic acids is 1. The van der Waals surface area contributed by atoms with Crippen LogP contribution in [0.2, 0.25) is 0 Å².